The lowest BCUT2D eigenvalue weighted by atomic mass is 10.3. The molecule has 0 saturated carbocycles. The fourth-order valence-corrected chi connectivity index (χ4v) is 2.03. The molecule has 108 valence electrons. The van der Waals surface area contributed by atoms with E-state index in [0.29, 0.717) is 24.6 Å². The summed E-state index contributed by atoms with van der Waals surface area (Å²) in [5.41, 5.74) is 7.57. The summed E-state index contributed by atoms with van der Waals surface area (Å²) >= 11 is 0. The Labute approximate surface area is 117 Å². The van der Waals surface area contributed by atoms with Gasteiger partial charge in [-0.3, -0.25) is 9.48 Å². The summed E-state index contributed by atoms with van der Waals surface area (Å²) in [5, 5.41) is 7.19. The van der Waals surface area contributed by atoms with Gasteiger partial charge in [-0.1, -0.05) is 0 Å². The van der Waals surface area contributed by atoms with Crippen LogP contribution in [0.5, 0.6) is 0 Å². The molecule has 0 aliphatic heterocycles. The third-order valence-corrected chi connectivity index (χ3v) is 3.02. The zero-order valence-electron chi connectivity index (χ0n) is 11.8. The number of rotatable bonds is 6. The Morgan fingerprint density at radius 1 is 1.45 bits per heavy atom. The highest BCUT2D eigenvalue weighted by Gasteiger charge is 2.09. The van der Waals surface area contributed by atoms with Gasteiger partial charge in [0.1, 0.15) is 5.76 Å². The van der Waals surface area contributed by atoms with Crippen molar-refractivity contribution in [2.45, 2.75) is 33.4 Å². The summed E-state index contributed by atoms with van der Waals surface area (Å²) in [6.07, 6.45) is 0.818. The maximum Gasteiger partial charge on any atom is 0.286 e. The monoisotopic (exact) mass is 276 g/mol. The maximum absolute atomic E-state index is 11.8. The molecule has 0 bridgehead atoms. The summed E-state index contributed by atoms with van der Waals surface area (Å²) in [7, 11) is 0. The number of hydrogen-bond acceptors (Lipinski definition) is 4. The molecule has 0 aliphatic rings. The number of carbonyl (C=O) groups is 1. The lowest BCUT2D eigenvalue weighted by molar-refractivity contribution is 0.0923. The van der Waals surface area contributed by atoms with Gasteiger partial charge in [0, 0.05) is 18.8 Å². The number of nitrogens with one attached hydrogen (secondary N) is 1. The summed E-state index contributed by atoms with van der Waals surface area (Å²) in [6, 6.07) is 5.39. The van der Waals surface area contributed by atoms with E-state index in [2.05, 4.69) is 10.4 Å². The Kier molecular flexibility index (Phi) is 4.57. The van der Waals surface area contributed by atoms with Gasteiger partial charge in [-0.2, -0.15) is 5.10 Å². The van der Waals surface area contributed by atoms with Gasteiger partial charge in [-0.15, -0.1) is 0 Å². The molecule has 0 spiro atoms. The summed E-state index contributed by atoms with van der Waals surface area (Å²) < 4.78 is 7.22. The fraction of sp³-hybridized carbons (Fsp3) is 0.429. The van der Waals surface area contributed by atoms with Gasteiger partial charge < -0.3 is 15.5 Å². The second kappa shape index (κ2) is 6.38. The van der Waals surface area contributed by atoms with E-state index in [9.17, 15) is 4.79 Å². The summed E-state index contributed by atoms with van der Waals surface area (Å²) in [4.78, 5) is 11.8. The van der Waals surface area contributed by atoms with Crippen molar-refractivity contribution in [3.05, 3.63) is 41.1 Å². The lowest BCUT2D eigenvalue weighted by Gasteiger charge is -2.05. The molecule has 6 heteroatoms. The van der Waals surface area contributed by atoms with Crippen LogP contribution in [0.4, 0.5) is 0 Å². The molecule has 0 aromatic carbocycles. The first-order valence-corrected chi connectivity index (χ1v) is 6.68. The molecule has 2 rings (SSSR count). The molecule has 2 aromatic rings. The Morgan fingerprint density at radius 3 is 2.85 bits per heavy atom. The van der Waals surface area contributed by atoms with Gasteiger partial charge in [0.2, 0.25) is 0 Å². The van der Waals surface area contributed by atoms with Crippen molar-refractivity contribution < 1.29 is 9.21 Å². The van der Waals surface area contributed by atoms with Crippen molar-refractivity contribution in [1.82, 2.24) is 15.1 Å². The quantitative estimate of drug-likeness (QED) is 0.780. The van der Waals surface area contributed by atoms with Crippen molar-refractivity contribution in [3.63, 3.8) is 0 Å². The molecular weight excluding hydrogens is 256 g/mol. The number of furan rings is 1. The first-order valence-electron chi connectivity index (χ1n) is 6.68. The van der Waals surface area contributed by atoms with Gasteiger partial charge >= 0.3 is 0 Å². The first kappa shape index (κ1) is 14.3. The second-order valence-corrected chi connectivity index (χ2v) is 4.73. The number of hydrogen-bond donors (Lipinski definition) is 2. The summed E-state index contributed by atoms with van der Waals surface area (Å²) in [6.45, 7) is 5.65. The molecule has 0 saturated heterocycles. The lowest BCUT2D eigenvalue weighted by Crippen LogP contribution is -2.25. The van der Waals surface area contributed by atoms with Crippen LogP contribution >= 0.6 is 0 Å². The smallest absolute Gasteiger partial charge is 0.286 e. The fourth-order valence-electron chi connectivity index (χ4n) is 2.03. The van der Waals surface area contributed by atoms with Gasteiger partial charge in [-0.25, -0.2) is 0 Å². The van der Waals surface area contributed by atoms with Crippen molar-refractivity contribution in [2.75, 3.05) is 6.54 Å². The number of nitrogens with zero attached hydrogens (tertiary/aromatic N) is 2. The van der Waals surface area contributed by atoms with E-state index in [-0.39, 0.29) is 5.91 Å². The molecule has 0 aliphatic carbocycles. The molecule has 1 amide bonds. The number of nitrogens with two attached hydrogens (primary N) is 1. The van der Waals surface area contributed by atoms with Crippen LogP contribution in [0.2, 0.25) is 0 Å². The van der Waals surface area contributed by atoms with Crippen LogP contribution in [0.25, 0.3) is 0 Å². The van der Waals surface area contributed by atoms with Crippen LogP contribution in [0.1, 0.15) is 34.1 Å². The predicted molar refractivity (Wildman–Crippen MR) is 75.3 cm³/mol. The van der Waals surface area contributed by atoms with Crippen LogP contribution in [0, 0.1) is 13.8 Å². The highest BCUT2D eigenvalue weighted by Crippen LogP contribution is 2.07. The van der Waals surface area contributed by atoms with Crippen molar-refractivity contribution >= 4 is 5.91 Å². The van der Waals surface area contributed by atoms with Crippen LogP contribution in [0.15, 0.2) is 22.6 Å². The Balaban J connectivity index is 1.75. The number of carbonyl (C=O) groups excluding carboxylic acids is 1. The van der Waals surface area contributed by atoms with Gasteiger partial charge in [-0.05, 0) is 38.5 Å². The molecule has 2 heterocycles. The average Bonchev–Trinajstić information content (AvgIpc) is 3.01. The molecule has 3 N–H and O–H groups in total. The topological polar surface area (TPSA) is 86.1 Å². The highest BCUT2D eigenvalue weighted by molar-refractivity contribution is 5.91. The number of aromatic nitrogens is 2. The molecule has 0 unspecified atom stereocenters. The van der Waals surface area contributed by atoms with Crippen LogP contribution in [-0.2, 0) is 13.1 Å². The number of amides is 1. The van der Waals surface area contributed by atoms with Gasteiger partial charge in [0.15, 0.2) is 5.76 Å². The van der Waals surface area contributed by atoms with E-state index in [0.717, 1.165) is 24.4 Å². The zero-order valence-corrected chi connectivity index (χ0v) is 11.8. The SMILES string of the molecule is Cc1cc(C)n(CCCNC(=O)c2ccc(CN)o2)n1. The van der Waals surface area contributed by atoms with Crippen molar-refractivity contribution in [2.24, 2.45) is 5.73 Å². The molecule has 6 nitrogen and oxygen atoms in total. The molecule has 0 fully saturated rings. The molecule has 0 atom stereocenters. The van der Waals surface area contributed by atoms with Crippen LogP contribution in [-0.4, -0.2) is 22.2 Å². The standard InChI is InChI=1S/C14H20N4O2/c1-10-8-11(2)18(17-10)7-3-6-16-14(19)13-5-4-12(9-15)20-13/h4-5,8H,3,6-7,9,15H2,1-2H3,(H,16,19). The Hall–Kier alpha value is -2.08. The molecule has 0 radical (unpaired) electrons. The minimum Gasteiger partial charge on any atom is -0.455 e. The molecule has 20 heavy (non-hydrogen) atoms. The van der Waals surface area contributed by atoms with E-state index in [1.807, 2.05) is 24.6 Å². The minimum absolute atomic E-state index is 0.210. The van der Waals surface area contributed by atoms with E-state index >= 15 is 0 Å². The normalized spacial score (nSPS) is 10.8. The van der Waals surface area contributed by atoms with Gasteiger partial charge in [0.05, 0.1) is 12.2 Å². The van der Waals surface area contributed by atoms with E-state index in [1.165, 1.54) is 0 Å². The van der Waals surface area contributed by atoms with E-state index in [1.54, 1.807) is 12.1 Å². The summed E-state index contributed by atoms with van der Waals surface area (Å²) in [5.74, 6) is 0.701. The van der Waals surface area contributed by atoms with E-state index < -0.39 is 0 Å². The third-order valence-electron chi connectivity index (χ3n) is 3.02. The molecule has 2 aromatic heterocycles. The second-order valence-electron chi connectivity index (χ2n) is 4.73. The van der Waals surface area contributed by atoms with Gasteiger partial charge in [0.25, 0.3) is 5.91 Å². The molecular formula is C14H20N4O2. The average molecular weight is 276 g/mol. The maximum atomic E-state index is 11.8. The minimum atomic E-state index is -0.210. The first-order chi connectivity index (χ1) is 9.60. The van der Waals surface area contributed by atoms with Crippen LogP contribution in [0.3, 0.4) is 0 Å². The van der Waals surface area contributed by atoms with E-state index in [4.69, 9.17) is 10.2 Å². The Morgan fingerprint density at radius 2 is 2.25 bits per heavy atom. The predicted octanol–water partition coefficient (Wildman–Crippen LogP) is 1.37. The third kappa shape index (κ3) is 3.48. The van der Waals surface area contributed by atoms with Crippen molar-refractivity contribution in [3.8, 4) is 0 Å². The van der Waals surface area contributed by atoms with Crippen molar-refractivity contribution in [1.29, 1.82) is 0 Å². The zero-order chi connectivity index (χ0) is 14.5. The Bertz CT molecular complexity index is 586. The number of aryl methyl sites for hydroxylation is 3. The largest absolute Gasteiger partial charge is 0.455 e. The highest BCUT2D eigenvalue weighted by atomic mass is 16.4. The van der Waals surface area contributed by atoms with Crippen LogP contribution < -0.4 is 11.1 Å².